The molecule has 0 spiro atoms. The summed E-state index contributed by atoms with van der Waals surface area (Å²) in [6, 6.07) is -0.994. The van der Waals surface area contributed by atoms with Crippen molar-refractivity contribution in [2.24, 2.45) is 5.92 Å². The quantitative estimate of drug-likeness (QED) is 0.315. The number of carbonyl (C=O) groups excluding carboxylic acids is 4. The molecule has 0 bridgehead atoms. The van der Waals surface area contributed by atoms with E-state index in [0.29, 0.717) is 25.3 Å². The smallest absolute Gasteiger partial charge is 0.321 e. The molecule has 0 aliphatic carbocycles. The number of rotatable bonds is 11. The Morgan fingerprint density at radius 2 is 1.48 bits per heavy atom. The second kappa shape index (κ2) is 14.9. The zero-order valence-corrected chi connectivity index (χ0v) is 16.6. The molecule has 0 saturated carbocycles. The first-order chi connectivity index (χ1) is 11.8. The van der Waals surface area contributed by atoms with Gasteiger partial charge in [-0.2, -0.15) is 0 Å². The zero-order valence-electron chi connectivity index (χ0n) is 15.0. The van der Waals surface area contributed by atoms with Crippen LogP contribution in [0, 0.1) is 5.92 Å². The van der Waals surface area contributed by atoms with Crippen LogP contribution in [-0.4, -0.2) is 48.5 Å². The van der Waals surface area contributed by atoms with Crippen molar-refractivity contribution in [2.75, 3.05) is 24.6 Å². The lowest BCUT2D eigenvalue weighted by molar-refractivity contribution is -0.120. The number of imide groups is 2. The van der Waals surface area contributed by atoms with Crippen molar-refractivity contribution < 1.29 is 19.2 Å². The molecule has 8 nitrogen and oxygen atoms in total. The van der Waals surface area contributed by atoms with Gasteiger partial charge in [0.2, 0.25) is 11.8 Å². The average molecular weight is 393 g/mol. The van der Waals surface area contributed by atoms with Gasteiger partial charge in [-0.3, -0.25) is 20.2 Å². The van der Waals surface area contributed by atoms with Gasteiger partial charge in [-0.25, -0.2) is 9.59 Å². The van der Waals surface area contributed by atoms with Gasteiger partial charge in [0.1, 0.15) is 0 Å². The molecule has 0 aromatic carbocycles. The molecule has 0 rings (SSSR count). The predicted octanol–water partition coefficient (Wildman–Crippen LogP) is 1.87. The molecule has 0 aliphatic rings. The first-order valence-corrected chi connectivity index (χ1v) is 10.7. The van der Waals surface area contributed by atoms with Crippen LogP contribution in [0.2, 0.25) is 0 Å². The number of unbranched alkanes of at least 4 members (excludes halogenated alkanes) is 1. The number of carbonyl (C=O) groups is 4. The van der Waals surface area contributed by atoms with E-state index in [2.05, 4.69) is 21.3 Å². The maximum absolute atomic E-state index is 11.5. The van der Waals surface area contributed by atoms with Crippen molar-refractivity contribution in [2.45, 2.75) is 40.0 Å². The van der Waals surface area contributed by atoms with Crippen molar-refractivity contribution in [3.8, 4) is 0 Å². The van der Waals surface area contributed by atoms with E-state index < -0.39 is 12.1 Å². The van der Waals surface area contributed by atoms with Crippen LogP contribution >= 0.6 is 21.6 Å². The van der Waals surface area contributed by atoms with E-state index in [0.717, 1.165) is 12.8 Å². The van der Waals surface area contributed by atoms with E-state index in [1.807, 2.05) is 20.8 Å². The Kier molecular flexibility index (Phi) is 14.0. The van der Waals surface area contributed by atoms with Gasteiger partial charge in [-0.1, -0.05) is 48.8 Å². The fourth-order valence-electron chi connectivity index (χ4n) is 1.54. The molecule has 0 saturated heterocycles. The van der Waals surface area contributed by atoms with Crippen LogP contribution in [0.4, 0.5) is 9.59 Å². The molecule has 10 heteroatoms. The molecule has 0 aliphatic heterocycles. The molecule has 4 N–H and O–H groups in total. The van der Waals surface area contributed by atoms with Gasteiger partial charge in [-0.15, -0.1) is 0 Å². The lowest BCUT2D eigenvalue weighted by Crippen LogP contribution is -2.40. The predicted molar refractivity (Wildman–Crippen MR) is 102 cm³/mol. The summed E-state index contributed by atoms with van der Waals surface area (Å²) in [5, 5.41) is 9.66. The molecular weight excluding hydrogens is 364 g/mol. The minimum Gasteiger partial charge on any atom is -0.338 e. The van der Waals surface area contributed by atoms with Crippen LogP contribution in [0.3, 0.4) is 0 Å². The minimum atomic E-state index is -0.516. The highest BCUT2D eigenvalue weighted by molar-refractivity contribution is 8.76. The third-order valence-electron chi connectivity index (χ3n) is 2.66. The van der Waals surface area contributed by atoms with E-state index in [1.54, 1.807) is 0 Å². The number of hydrogen-bond donors (Lipinski definition) is 4. The molecule has 0 heterocycles. The Hall–Kier alpha value is -1.42. The Bertz CT molecular complexity index is 447. The number of urea groups is 2. The summed E-state index contributed by atoms with van der Waals surface area (Å²) in [7, 11) is 2.69. The van der Waals surface area contributed by atoms with E-state index in [9.17, 15) is 19.2 Å². The van der Waals surface area contributed by atoms with Gasteiger partial charge in [0, 0.05) is 25.3 Å². The van der Waals surface area contributed by atoms with E-state index in [4.69, 9.17) is 0 Å². The standard InChI is InChI=1S/C15H28N4O4S2/c1-4-5-6-16-14(22)19-13(21)10-25-24-8-7-17-15(23)18-12(20)9-11(2)3/h11H,4-10H2,1-3H3,(H2,16,19,21,22)(H2,17,18,20,23). The van der Waals surface area contributed by atoms with Crippen molar-refractivity contribution in [3.05, 3.63) is 0 Å². The monoisotopic (exact) mass is 392 g/mol. The average Bonchev–Trinajstić information content (AvgIpc) is 2.49. The summed E-state index contributed by atoms with van der Waals surface area (Å²) >= 11 is 0. The molecule has 0 aromatic heterocycles. The van der Waals surface area contributed by atoms with Gasteiger partial charge in [-0.05, 0) is 12.3 Å². The lowest BCUT2D eigenvalue weighted by Gasteiger charge is -2.08. The van der Waals surface area contributed by atoms with Crippen LogP contribution in [0.1, 0.15) is 40.0 Å². The summed E-state index contributed by atoms with van der Waals surface area (Å²) in [5.74, 6) is 0.247. The fraction of sp³-hybridized carbons (Fsp3) is 0.733. The van der Waals surface area contributed by atoms with Crippen LogP contribution in [0.5, 0.6) is 0 Å². The first-order valence-electron chi connectivity index (χ1n) is 8.24. The second-order valence-corrected chi connectivity index (χ2v) is 8.23. The van der Waals surface area contributed by atoms with E-state index in [1.165, 1.54) is 21.6 Å². The Labute approximate surface area is 156 Å². The molecule has 0 fully saturated rings. The number of nitrogens with one attached hydrogen (secondary N) is 4. The summed E-state index contributed by atoms with van der Waals surface area (Å²) in [4.78, 5) is 45.7. The van der Waals surface area contributed by atoms with E-state index >= 15 is 0 Å². The van der Waals surface area contributed by atoms with Gasteiger partial charge < -0.3 is 10.6 Å². The Balaban J connectivity index is 3.59. The van der Waals surface area contributed by atoms with Crippen molar-refractivity contribution in [1.82, 2.24) is 21.3 Å². The molecule has 6 amide bonds. The van der Waals surface area contributed by atoms with Gasteiger partial charge >= 0.3 is 12.1 Å². The fourth-order valence-corrected chi connectivity index (χ4v) is 3.28. The first kappa shape index (κ1) is 23.6. The summed E-state index contributed by atoms with van der Waals surface area (Å²) < 4.78 is 0. The van der Waals surface area contributed by atoms with Crippen molar-refractivity contribution in [1.29, 1.82) is 0 Å². The molecule has 0 atom stereocenters. The topological polar surface area (TPSA) is 116 Å². The van der Waals surface area contributed by atoms with Crippen LogP contribution in [0.25, 0.3) is 0 Å². The van der Waals surface area contributed by atoms with Crippen molar-refractivity contribution >= 4 is 45.5 Å². The van der Waals surface area contributed by atoms with Gasteiger partial charge in [0.05, 0.1) is 5.75 Å². The summed E-state index contributed by atoms with van der Waals surface area (Å²) in [5.41, 5.74) is 0. The number of amides is 6. The second-order valence-electron chi connectivity index (χ2n) is 5.64. The van der Waals surface area contributed by atoms with Crippen LogP contribution < -0.4 is 21.3 Å². The maximum atomic E-state index is 11.5. The normalized spacial score (nSPS) is 10.2. The van der Waals surface area contributed by atoms with E-state index in [-0.39, 0.29) is 23.5 Å². The van der Waals surface area contributed by atoms with Crippen LogP contribution in [0.15, 0.2) is 0 Å². The molecule has 144 valence electrons. The van der Waals surface area contributed by atoms with Crippen LogP contribution in [-0.2, 0) is 9.59 Å². The SMILES string of the molecule is CCCCNC(=O)NC(=O)CSSCCNC(=O)NC(=O)CC(C)C. The molecule has 0 aromatic rings. The van der Waals surface area contributed by atoms with Gasteiger partial charge in [0.15, 0.2) is 0 Å². The highest BCUT2D eigenvalue weighted by atomic mass is 33.1. The molecule has 0 unspecified atom stereocenters. The molecular formula is C15H28N4O4S2. The largest absolute Gasteiger partial charge is 0.338 e. The minimum absolute atomic E-state index is 0.144. The number of hydrogen-bond acceptors (Lipinski definition) is 6. The molecule has 0 radical (unpaired) electrons. The highest BCUT2D eigenvalue weighted by Gasteiger charge is 2.09. The zero-order chi connectivity index (χ0) is 19.1. The summed E-state index contributed by atoms with van der Waals surface area (Å²) in [6.45, 7) is 6.73. The highest BCUT2D eigenvalue weighted by Crippen LogP contribution is 2.19. The molecule has 25 heavy (non-hydrogen) atoms. The van der Waals surface area contributed by atoms with Crippen molar-refractivity contribution in [3.63, 3.8) is 0 Å². The summed E-state index contributed by atoms with van der Waals surface area (Å²) in [6.07, 6.45) is 2.15. The third kappa shape index (κ3) is 15.8. The van der Waals surface area contributed by atoms with Gasteiger partial charge in [0.25, 0.3) is 0 Å². The Morgan fingerprint density at radius 1 is 0.880 bits per heavy atom. The lowest BCUT2D eigenvalue weighted by atomic mass is 10.1. The third-order valence-corrected chi connectivity index (χ3v) is 4.93. The maximum Gasteiger partial charge on any atom is 0.321 e. The Morgan fingerprint density at radius 3 is 2.08 bits per heavy atom.